The average molecular weight is 265 g/mol. The molecule has 0 aliphatic carbocycles. The van der Waals surface area contributed by atoms with Gasteiger partial charge in [-0.15, -0.1) is 0 Å². The van der Waals surface area contributed by atoms with Crippen LogP contribution in [0, 0.1) is 17.7 Å². The van der Waals surface area contributed by atoms with Crippen molar-refractivity contribution < 1.29 is 19.0 Å². The van der Waals surface area contributed by atoms with E-state index in [1.165, 1.54) is 19.2 Å². The number of carbonyl (C=O) groups excluding carboxylic acids is 1. The quantitative estimate of drug-likeness (QED) is 0.796. The van der Waals surface area contributed by atoms with Crippen molar-refractivity contribution in [2.45, 2.75) is 13.0 Å². The topological polar surface area (TPSA) is 58.6 Å². The van der Waals surface area contributed by atoms with Crippen LogP contribution in [0.1, 0.15) is 22.8 Å². The first-order chi connectivity index (χ1) is 9.08. The maximum absolute atomic E-state index is 13.2. The van der Waals surface area contributed by atoms with Gasteiger partial charge in [-0.25, -0.2) is 4.39 Å². The average Bonchev–Trinajstić information content (AvgIpc) is 2.42. The highest BCUT2D eigenvalue weighted by Crippen LogP contribution is 2.10. The van der Waals surface area contributed by atoms with E-state index in [1.807, 2.05) is 0 Å². The Morgan fingerprint density at radius 1 is 1.58 bits per heavy atom. The maximum Gasteiger partial charge on any atom is 0.252 e. The number of hydrogen-bond donors (Lipinski definition) is 2. The van der Waals surface area contributed by atoms with Gasteiger partial charge >= 0.3 is 0 Å². The lowest BCUT2D eigenvalue weighted by molar-refractivity contribution is 0.0870. The fraction of sp³-hybridized carbons (Fsp3) is 0.357. The molecule has 2 N–H and O–H groups in total. The molecular formula is C14H16FNO3. The fourth-order valence-electron chi connectivity index (χ4n) is 1.36. The number of methoxy groups -OCH3 is 1. The van der Waals surface area contributed by atoms with E-state index >= 15 is 0 Å². The van der Waals surface area contributed by atoms with Crippen LogP contribution >= 0.6 is 0 Å². The molecule has 0 radical (unpaired) electrons. The third kappa shape index (κ3) is 4.70. The number of benzene rings is 1. The second-order valence-corrected chi connectivity index (χ2v) is 3.91. The highest BCUT2D eigenvalue weighted by molar-refractivity contribution is 5.96. The highest BCUT2D eigenvalue weighted by atomic mass is 19.1. The molecule has 0 bridgehead atoms. The second kappa shape index (κ2) is 7.52. The van der Waals surface area contributed by atoms with Crippen LogP contribution in [0.25, 0.3) is 0 Å². The Labute approximate surface area is 111 Å². The van der Waals surface area contributed by atoms with Crippen molar-refractivity contribution in [1.29, 1.82) is 0 Å². The van der Waals surface area contributed by atoms with Crippen LogP contribution < -0.4 is 5.32 Å². The number of halogens is 1. The van der Waals surface area contributed by atoms with Crippen LogP contribution in [0.5, 0.6) is 0 Å². The normalized spacial score (nSPS) is 11.4. The lowest BCUT2D eigenvalue weighted by atomic mass is 10.1. The number of amides is 1. The van der Waals surface area contributed by atoms with Crippen molar-refractivity contribution in [3.63, 3.8) is 0 Å². The number of aliphatic hydroxyl groups excluding tert-OH is 1. The Balaban J connectivity index is 2.90. The summed E-state index contributed by atoms with van der Waals surface area (Å²) in [5.41, 5.74) is 0.516. The van der Waals surface area contributed by atoms with E-state index in [-0.39, 0.29) is 18.3 Å². The molecule has 5 heteroatoms. The van der Waals surface area contributed by atoms with Gasteiger partial charge in [-0.3, -0.25) is 4.79 Å². The third-order valence-corrected chi connectivity index (χ3v) is 2.48. The summed E-state index contributed by atoms with van der Waals surface area (Å²) in [6, 6.07) is 3.75. The van der Waals surface area contributed by atoms with Gasteiger partial charge in [0.25, 0.3) is 5.91 Å². The van der Waals surface area contributed by atoms with Gasteiger partial charge < -0.3 is 15.2 Å². The molecule has 1 atom stereocenters. The zero-order chi connectivity index (χ0) is 14.3. The molecule has 0 fully saturated rings. The minimum Gasteiger partial charge on any atom is -0.384 e. The maximum atomic E-state index is 13.2. The minimum absolute atomic E-state index is 0.135. The summed E-state index contributed by atoms with van der Waals surface area (Å²) in [5.74, 6) is 4.11. The number of rotatable bonds is 4. The van der Waals surface area contributed by atoms with Crippen molar-refractivity contribution >= 4 is 5.91 Å². The predicted octanol–water partition coefficient (Wildman–Crippen LogP) is 0.934. The number of hydrogen-bond acceptors (Lipinski definition) is 3. The van der Waals surface area contributed by atoms with Crippen LogP contribution in [0.3, 0.4) is 0 Å². The van der Waals surface area contributed by atoms with Gasteiger partial charge in [0.15, 0.2) is 0 Å². The molecule has 0 saturated heterocycles. The Morgan fingerprint density at radius 2 is 2.32 bits per heavy atom. The fourth-order valence-corrected chi connectivity index (χ4v) is 1.36. The van der Waals surface area contributed by atoms with Crippen LogP contribution in [-0.2, 0) is 4.74 Å². The summed E-state index contributed by atoms with van der Waals surface area (Å²) in [4.78, 5) is 11.9. The summed E-state index contributed by atoms with van der Waals surface area (Å²) < 4.78 is 18.2. The predicted molar refractivity (Wildman–Crippen MR) is 69.2 cm³/mol. The highest BCUT2D eigenvalue weighted by Gasteiger charge is 2.12. The first-order valence-corrected chi connectivity index (χ1v) is 5.78. The molecule has 0 heterocycles. The molecule has 1 rings (SSSR count). The zero-order valence-electron chi connectivity index (χ0n) is 10.9. The number of aliphatic hydroxyl groups is 1. The van der Waals surface area contributed by atoms with E-state index in [2.05, 4.69) is 17.2 Å². The zero-order valence-corrected chi connectivity index (χ0v) is 10.9. The van der Waals surface area contributed by atoms with E-state index in [1.54, 1.807) is 6.92 Å². The SMILES string of the molecule is COC(C)CNC(=O)c1cc(F)ccc1C#CCO. The minimum atomic E-state index is -0.514. The molecule has 4 nitrogen and oxygen atoms in total. The van der Waals surface area contributed by atoms with Crippen LogP contribution in [0.15, 0.2) is 18.2 Å². The van der Waals surface area contributed by atoms with Gasteiger partial charge in [-0.05, 0) is 25.1 Å². The first-order valence-electron chi connectivity index (χ1n) is 5.78. The molecule has 0 aliphatic rings. The Kier molecular flexibility index (Phi) is 6.00. The van der Waals surface area contributed by atoms with Crippen molar-refractivity contribution in [3.8, 4) is 11.8 Å². The largest absolute Gasteiger partial charge is 0.384 e. The van der Waals surface area contributed by atoms with Crippen LogP contribution in [-0.4, -0.2) is 37.4 Å². The number of nitrogens with one attached hydrogen (secondary N) is 1. The molecule has 19 heavy (non-hydrogen) atoms. The monoisotopic (exact) mass is 265 g/mol. The van der Waals surface area contributed by atoms with Gasteiger partial charge in [-0.1, -0.05) is 11.8 Å². The summed E-state index contributed by atoms with van der Waals surface area (Å²) in [5, 5.41) is 11.3. The molecule has 102 valence electrons. The van der Waals surface area contributed by atoms with E-state index in [4.69, 9.17) is 9.84 Å². The number of ether oxygens (including phenoxy) is 1. The van der Waals surface area contributed by atoms with Crippen molar-refractivity contribution in [2.24, 2.45) is 0 Å². The van der Waals surface area contributed by atoms with Gasteiger partial charge in [0.2, 0.25) is 0 Å². The van der Waals surface area contributed by atoms with Crippen molar-refractivity contribution in [3.05, 3.63) is 35.1 Å². The van der Waals surface area contributed by atoms with E-state index < -0.39 is 11.7 Å². The van der Waals surface area contributed by atoms with E-state index in [0.717, 1.165) is 6.07 Å². The Morgan fingerprint density at radius 3 is 2.95 bits per heavy atom. The van der Waals surface area contributed by atoms with Crippen LogP contribution in [0.2, 0.25) is 0 Å². The van der Waals surface area contributed by atoms with E-state index in [9.17, 15) is 9.18 Å². The molecule has 1 aromatic carbocycles. The first kappa shape index (κ1) is 15.2. The molecule has 1 unspecified atom stereocenters. The summed E-state index contributed by atoms with van der Waals surface area (Å²) in [6.07, 6.45) is -0.135. The Hall–Kier alpha value is -1.90. The Bertz CT molecular complexity index is 505. The van der Waals surface area contributed by atoms with Gasteiger partial charge in [0.1, 0.15) is 12.4 Å². The standard InChI is InChI=1S/C14H16FNO3/c1-10(19-2)9-16-14(18)13-8-12(15)6-5-11(13)4-3-7-17/h5-6,8,10,17H,7,9H2,1-2H3,(H,16,18). The van der Waals surface area contributed by atoms with Crippen LogP contribution in [0.4, 0.5) is 4.39 Å². The molecule has 0 saturated carbocycles. The summed E-state index contributed by atoms with van der Waals surface area (Å²) in [7, 11) is 1.54. The second-order valence-electron chi connectivity index (χ2n) is 3.91. The van der Waals surface area contributed by atoms with Gasteiger partial charge in [0, 0.05) is 19.2 Å². The number of carbonyl (C=O) groups is 1. The van der Waals surface area contributed by atoms with Gasteiger partial charge in [0.05, 0.1) is 11.7 Å². The van der Waals surface area contributed by atoms with Crippen molar-refractivity contribution in [1.82, 2.24) is 5.32 Å². The van der Waals surface area contributed by atoms with Gasteiger partial charge in [-0.2, -0.15) is 0 Å². The summed E-state index contributed by atoms with van der Waals surface area (Å²) in [6.45, 7) is 1.80. The molecule has 1 aromatic rings. The molecule has 0 aromatic heterocycles. The molecule has 0 spiro atoms. The summed E-state index contributed by atoms with van der Waals surface area (Å²) >= 11 is 0. The third-order valence-electron chi connectivity index (χ3n) is 2.48. The molecule has 0 aliphatic heterocycles. The smallest absolute Gasteiger partial charge is 0.252 e. The van der Waals surface area contributed by atoms with E-state index in [0.29, 0.717) is 12.1 Å². The van der Waals surface area contributed by atoms with Crippen molar-refractivity contribution in [2.75, 3.05) is 20.3 Å². The molecule has 1 amide bonds. The lowest BCUT2D eigenvalue weighted by Gasteiger charge is -2.11. The lowest BCUT2D eigenvalue weighted by Crippen LogP contribution is -2.32. The molecular weight excluding hydrogens is 249 g/mol.